The highest BCUT2D eigenvalue weighted by Crippen LogP contribution is 2.49. The summed E-state index contributed by atoms with van der Waals surface area (Å²) < 4.78 is 26.0. The molecule has 7 heterocycles. The summed E-state index contributed by atoms with van der Waals surface area (Å²) in [6.07, 6.45) is -2.24. The van der Waals surface area contributed by atoms with E-state index in [1.54, 1.807) is 10.8 Å². The van der Waals surface area contributed by atoms with Gasteiger partial charge in [-0.25, -0.2) is 4.79 Å². The molecular formula is C78H61N7O19S. The predicted octanol–water partition coefficient (Wildman–Crippen LogP) is 9.41. The number of methoxy groups -OCH3 is 1. The van der Waals surface area contributed by atoms with Crippen molar-refractivity contribution in [2.75, 3.05) is 7.11 Å². The first kappa shape index (κ1) is 67.6. The molecular weight excluding hydrogens is 1370 g/mol. The minimum atomic E-state index is -2.17. The molecule has 0 saturated heterocycles. The standard InChI is InChI=1S/C78H61N7O19S/c1-35-54(89)27-42-29-56(35)104-57-28-41(17-23-53(57)88)67(85-34-44-24-38-8-6-7-9-39(38)25-49(44)77(85)105-48-10-4-3-5-11-48)76(99)84-66-69(92)37-14-20-47(21-15-37)103-59-31-43-30-58(70(59)93)102-46-18-12-36(13-19-46)68(91)65-75(98)82-64(78(100)101-2)51-32-45(86)33-55(90)60(51)50-26-40(16-22-52(50)87)61(71(94)83-65)79-73(96)63(43)80-72(95)62(42)81-74(66)97/h3-34,61-69,86-93H,1-2H3,(H,79,96)(H,80,95)(H,81,97)(H,82,98)(H,83,94)(H,84,99)/t61-,62+,63-,64-,65+,66-,67-,68-,69-/m1/s1. The zero-order chi connectivity index (χ0) is 73.4. The highest BCUT2D eigenvalue weighted by Gasteiger charge is 2.43. The topological polar surface area (TPSA) is 395 Å². The summed E-state index contributed by atoms with van der Waals surface area (Å²) in [6.45, 7) is 1.46. The number of amides is 6. The van der Waals surface area contributed by atoms with Crippen molar-refractivity contribution in [3.63, 3.8) is 0 Å². The number of carbonyl (C=O) groups excluding carboxylic acids is 7. The van der Waals surface area contributed by atoms with Crippen molar-refractivity contribution in [1.29, 1.82) is 0 Å². The van der Waals surface area contributed by atoms with E-state index in [2.05, 4.69) is 31.9 Å². The third kappa shape index (κ3) is 12.6. The Labute approximate surface area is 599 Å². The first-order valence-electron chi connectivity index (χ1n) is 32.7. The van der Waals surface area contributed by atoms with Gasteiger partial charge in [0.2, 0.25) is 41.2 Å². The molecule has 10 aromatic carbocycles. The molecule has 0 fully saturated rings. The molecule has 11 aromatic rings. The summed E-state index contributed by atoms with van der Waals surface area (Å²) in [5.41, 5.74) is -1.66. The van der Waals surface area contributed by atoms with Crippen LogP contribution in [0.2, 0.25) is 0 Å². The number of phenols is 6. The van der Waals surface area contributed by atoms with Crippen LogP contribution in [0.5, 0.6) is 69.0 Å². The Kier molecular flexibility index (Phi) is 17.3. The third-order valence-electron chi connectivity index (χ3n) is 18.9. The number of fused-ring (bicyclic) bond motifs is 16. The Bertz CT molecular complexity index is 5440. The highest BCUT2D eigenvalue weighted by atomic mass is 32.2. The number of rotatable bonds is 4. The lowest BCUT2D eigenvalue weighted by Crippen LogP contribution is -2.55. The van der Waals surface area contributed by atoms with Gasteiger partial charge in [-0.1, -0.05) is 90.6 Å². The molecule has 26 nitrogen and oxygen atoms in total. The molecule has 17 rings (SSSR count). The van der Waals surface area contributed by atoms with Crippen LogP contribution in [0.4, 0.5) is 0 Å². The molecule has 27 heteroatoms. The quantitative estimate of drug-likeness (QED) is 0.0729. The number of esters is 1. The summed E-state index contributed by atoms with van der Waals surface area (Å²) >= 11 is 1.34. The first-order chi connectivity index (χ1) is 50.5. The Morgan fingerprint density at radius 1 is 0.457 bits per heavy atom. The number of phenolic OH excluding ortho intramolecular Hbond substituents is 6. The molecule has 0 radical (unpaired) electrons. The van der Waals surface area contributed by atoms with E-state index < -0.39 is 142 Å². The molecule has 17 bridgehead atoms. The Morgan fingerprint density at radius 2 is 0.981 bits per heavy atom. The highest BCUT2D eigenvalue weighted by molar-refractivity contribution is 7.99. The van der Waals surface area contributed by atoms with Gasteiger partial charge in [0.25, 0.3) is 0 Å². The maximum Gasteiger partial charge on any atom is 0.333 e. The fourth-order valence-corrected chi connectivity index (χ4v) is 14.5. The Morgan fingerprint density at radius 3 is 1.62 bits per heavy atom. The molecule has 105 heavy (non-hydrogen) atoms. The maximum absolute atomic E-state index is 16.1. The van der Waals surface area contributed by atoms with E-state index in [-0.39, 0.29) is 78.6 Å². The predicted molar refractivity (Wildman–Crippen MR) is 377 cm³/mol. The Balaban J connectivity index is 0.916. The summed E-state index contributed by atoms with van der Waals surface area (Å²) in [7, 11) is 0.982. The zero-order valence-electron chi connectivity index (χ0n) is 55.1. The van der Waals surface area contributed by atoms with Gasteiger partial charge >= 0.3 is 5.97 Å². The molecule has 6 amide bonds. The van der Waals surface area contributed by atoms with Crippen LogP contribution in [0, 0.1) is 6.92 Å². The van der Waals surface area contributed by atoms with Crippen molar-refractivity contribution >= 4 is 74.7 Å². The third-order valence-corrected chi connectivity index (χ3v) is 20.0. The van der Waals surface area contributed by atoms with Gasteiger partial charge in [-0.15, -0.1) is 0 Å². The number of aromatic hydroxyl groups is 6. The van der Waals surface area contributed by atoms with Crippen LogP contribution >= 0.6 is 11.8 Å². The Hall–Kier alpha value is -13.2. The average Bonchev–Trinajstić information content (AvgIpc) is 1.75. The second-order valence-corrected chi connectivity index (χ2v) is 26.6. The van der Waals surface area contributed by atoms with Gasteiger partial charge < -0.3 is 96.3 Å². The van der Waals surface area contributed by atoms with Crippen molar-refractivity contribution < 1.29 is 93.4 Å². The van der Waals surface area contributed by atoms with E-state index in [1.807, 2.05) is 66.7 Å². The van der Waals surface area contributed by atoms with E-state index >= 15 is 24.0 Å². The van der Waals surface area contributed by atoms with Crippen LogP contribution in [-0.2, 0) is 38.3 Å². The second-order valence-electron chi connectivity index (χ2n) is 25.5. The minimum absolute atomic E-state index is 0.0115. The van der Waals surface area contributed by atoms with Crippen LogP contribution in [0.3, 0.4) is 0 Å². The largest absolute Gasteiger partial charge is 0.508 e. The lowest BCUT2D eigenvalue weighted by molar-refractivity contribution is -0.146. The van der Waals surface area contributed by atoms with E-state index in [0.29, 0.717) is 10.4 Å². The first-order valence-corrected chi connectivity index (χ1v) is 33.5. The molecule has 14 N–H and O–H groups in total. The number of aliphatic hydroxyl groups excluding tert-OH is 2. The van der Waals surface area contributed by atoms with Crippen LogP contribution in [0.15, 0.2) is 204 Å². The number of nitrogens with one attached hydrogen (secondary N) is 6. The van der Waals surface area contributed by atoms with Crippen molar-refractivity contribution in [2.24, 2.45) is 0 Å². The normalized spacial score (nSPS) is 20.8. The molecule has 1 aromatic heterocycles. The number of hydrogen-bond acceptors (Lipinski definition) is 20. The SMILES string of the molecule is COC(=O)[C@@H]1NC(=O)[C@H]2NC(=O)[C@H](NC(=O)[C@@H]3NC(=O)[C@H]4NC(=O)[C@H](NC(=O)[C@H](n5cc6cc7ccccc7cc6c5Sc5ccccc5)c5ccc(O)c(c5)Oc5cc4cc(O)c5C)[C@H](O)c4ccc(cc4)Oc4cc3cc(c4O)Oc3ccc(cc3)[C@H]2O)c2ccc(O)c(c2)-c2c(O)cc(O)cc21. The van der Waals surface area contributed by atoms with E-state index in [4.69, 9.17) is 18.9 Å². The molecule has 6 aliphatic rings. The minimum Gasteiger partial charge on any atom is -0.508 e. The fourth-order valence-electron chi connectivity index (χ4n) is 13.5. The molecule has 528 valence electrons. The molecule has 0 saturated carbocycles. The monoisotopic (exact) mass is 1430 g/mol. The van der Waals surface area contributed by atoms with Crippen LogP contribution in [0.1, 0.15) is 86.9 Å². The number of carbonyl (C=O) groups is 7. The second kappa shape index (κ2) is 26.9. The van der Waals surface area contributed by atoms with Crippen molar-refractivity contribution in [3.8, 4) is 80.1 Å². The number of aliphatic hydroxyl groups is 2. The molecule has 9 atom stereocenters. The summed E-state index contributed by atoms with van der Waals surface area (Å²) in [6, 6.07) is 31.9. The lowest BCUT2D eigenvalue weighted by Gasteiger charge is -2.32. The summed E-state index contributed by atoms with van der Waals surface area (Å²) in [5.74, 6) is -13.5. The van der Waals surface area contributed by atoms with Gasteiger partial charge in [0.15, 0.2) is 29.0 Å². The smallest absolute Gasteiger partial charge is 0.333 e. The summed E-state index contributed by atoms with van der Waals surface area (Å²) in [4.78, 5) is 109. The number of aromatic nitrogens is 1. The van der Waals surface area contributed by atoms with Gasteiger partial charge in [-0.05, 0) is 154 Å². The zero-order valence-corrected chi connectivity index (χ0v) is 55.9. The van der Waals surface area contributed by atoms with Crippen LogP contribution in [-0.4, -0.2) is 106 Å². The van der Waals surface area contributed by atoms with Gasteiger partial charge in [-0.2, -0.15) is 0 Å². The van der Waals surface area contributed by atoms with Crippen molar-refractivity contribution in [2.45, 2.75) is 71.3 Å². The average molecular weight is 1430 g/mol. The van der Waals surface area contributed by atoms with Crippen molar-refractivity contribution in [1.82, 2.24) is 36.5 Å². The van der Waals surface area contributed by atoms with Crippen molar-refractivity contribution in [3.05, 3.63) is 239 Å². The van der Waals surface area contributed by atoms with E-state index in [1.165, 1.54) is 97.5 Å². The van der Waals surface area contributed by atoms with Gasteiger partial charge in [0.1, 0.15) is 88.7 Å². The summed E-state index contributed by atoms with van der Waals surface area (Å²) in [5, 5.41) is 115. The van der Waals surface area contributed by atoms with E-state index in [9.17, 15) is 50.4 Å². The van der Waals surface area contributed by atoms with E-state index in [0.717, 1.165) is 70.6 Å². The van der Waals surface area contributed by atoms with Crippen LogP contribution < -0.4 is 46.1 Å². The molecule has 6 aliphatic heterocycles. The maximum atomic E-state index is 16.1. The molecule has 0 unspecified atom stereocenters. The van der Waals surface area contributed by atoms with Gasteiger partial charge in [0, 0.05) is 50.2 Å². The molecule has 0 spiro atoms. The number of ether oxygens (including phenoxy) is 4. The van der Waals surface area contributed by atoms with Gasteiger partial charge in [0.05, 0.1) is 12.1 Å². The number of nitrogens with zero attached hydrogens (tertiary/aromatic N) is 1. The molecule has 0 aliphatic carbocycles. The number of hydrogen-bond donors (Lipinski definition) is 14. The number of benzene rings is 10. The fraction of sp³-hybridized carbons (Fsp3) is 0.141. The van der Waals surface area contributed by atoms with Crippen LogP contribution in [0.25, 0.3) is 32.7 Å². The van der Waals surface area contributed by atoms with Gasteiger partial charge in [-0.3, -0.25) is 28.8 Å². The lowest BCUT2D eigenvalue weighted by atomic mass is 9.89.